The standard InChI is InChI=1S/C17H25Cl3N3O6P/c1-3-4-5-8-21-30(26,28-11-17(18,19)20)27-10-13-6-7-14(29-13)23-9-12(2)15(24)22-16(23)25/h6-7,9,13-14H,3-5,8,10-11H2,1-2H3,(H,21,26)(H,22,24,25)/t13-,14+,30?/m0/s1. The lowest BCUT2D eigenvalue weighted by atomic mass is 10.3. The second kappa shape index (κ2) is 11.3. The highest BCUT2D eigenvalue weighted by Crippen LogP contribution is 2.46. The van der Waals surface area contributed by atoms with Gasteiger partial charge in [-0.2, -0.15) is 0 Å². The fourth-order valence-corrected chi connectivity index (χ4v) is 4.35. The maximum absolute atomic E-state index is 13.0. The first-order valence-corrected chi connectivity index (χ1v) is 12.1. The van der Waals surface area contributed by atoms with Gasteiger partial charge in [0.1, 0.15) is 12.7 Å². The molecule has 3 atom stereocenters. The third kappa shape index (κ3) is 8.13. The molecule has 13 heteroatoms. The number of unbranched alkanes of at least 4 members (excludes halogenated alkanes) is 2. The van der Waals surface area contributed by atoms with E-state index >= 15 is 0 Å². The number of hydrogen-bond acceptors (Lipinski definition) is 6. The topological polar surface area (TPSA) is 112 Å². The molecule has 9 nitrogen and oxygen atoms in total. The Morgan fingerprint density at radius 1 is 1.27 bits per heavy atom. The van der Waals surface area contributed by atoms with Crippen LogP contribution in [0.15, 0.2) is 27.9 Å². The number of nitrogens with zero attached hydrogens (tertiary/aromatic N) is 1. The maximum Gasteiger partial charge on any atom is 0.405 e. The summed E-state index contributed by atoms with van der Waals surface area (Å²) in [5.74, 6) is 0. The van der Waals surface area contributed by atoms with Gasteiger partial charge in [-0.3, -0.25) is 23.4 Å². The Labute approximate surface area is 189 Å². The van der Waals surface area contributed by atoms with Crippen LogP contribution < -0.4 is 16.3 Å². The third-order valence-electron chi connectivity index (χ3n) is 4.12. The van der Waals surface area contributed by atoms with Gasteiger partial charge in [-0.15, -0.1) is 0 Å². The second-order valence-corrected chi connectivity index (χ2v) is 11.1. The van der Waals surface area contributed by atoms with Crippen molar-refractivity contribution in [2.75, 3.05) is 19.8 Å². The molecule has 1 aliphatic rings. The molecule has 0 amide bonds. The van der Waals surface area contributed by atoms with E-state index in [-0.39, 0.29) is 6.61 Å². The number of ether oxygens (including phenoxy) is 1. The summed E-state index contributed by atoms with van der Waals surface area (Å²) in [4.78, 5) is 25.7. The lowest BCUT2D eigenvalue weighted by Crippen LogP contribution is -2.33. The van der Waals surface area contributed by atoms with Crippen LogP contribution in [-0.2, 0) is 18.3 Å². The first-order chi connectivity index (χ1) is 14.0. The van der Waals surface area contributed by atoms with Gasteiger partial charge >= 0.3 is 13.4 Å². The molecule has 2 N–H and O–H groups in total. The van der Waals surface area contributed by atoms with Crippen LogP contribution in [0.2, 0.25) is 0 Å². The highest BCUT2D eigenvalue weighted by molar-refractivity contribution is 7.51. The van der Waals surface area contributed by atoms with Crippen molar-refractivity contribution < 1.29 is 18.3 Å². The Morgan fingerprint density at radius 2 is 2.00 bits per heavy atom. The first-order valence-electron chi connectivity index (χ1n) is 9.40. The SMILES string of the molecule is CCCCCNP(=O)(OC[C@@H]1C=C[C@H](n2cc(C)c(=O)[nH]c2=O)O1)OCC(Cl)(Cl)Cl. The van der Waals surface area contributed by atoms with Crippen LogP contribution in [0.4, 0.5) is 0 Å². The molecule has 0 radical (unpaired) electrons. The molecule has 0 saturated carbocycles. The van der Waals surface area contributed by atoms with Crippen molar-refractivity contribution in [3.63, 3.8) is 0 Å². The molecule has 1 unspecified atom stereocenters. The normalized spacial score (nSPS) is 21.1. The van der Waals surface area contributed by atoms with Crippen molar-refractivity contribution in [1.82, 2.24) is 14.6 Å². The monoisotopic (exact) mass is 503 g/mol. The Kier molecular flexibility index (Phi) is 9.64. The Balaban J connectivity index is 1.97. The average Bonchev–Trinajstić information content (AvgIpc) is 3.13. The van der Waals surface area contributed by atoms with Gasteiger partial charge < -0.3 is 4.74 Å². The smallest absolute Gasteiger partial charge is 0.344 e. The zero-order chi connectivity index (χ0) is 22.4. The van der Waals surface area contributed by atoms with E-state index in [9.17, 15) is 14.2 Å². The van der Waals surface area contributed by atoms with Gasteiger partial charge in [0.15, 0.2) is 6.23 Å². The van der Waals surface area contributed by atoms with E-state index in [0.717, 1.165) is 19.3 Å². The number of aromatic amines is 1. The van der Waals surface area contributed by atoms with Crippen LogP contribution >= 0.6 is 42.5 Å². The van der Waals surface area contributed by atoms with E-state index in [1.165, 1.54) is 10.8 Å². The van der Waals surface area contributed by atoms with Gasteiger partial charge in [0.25, 0.3) is 5.56 Å². The molecule has 1 aromatic rings. The Morgan fingerprint density at radius 3 is 2.67 bits per heavy atom. The lowest BCUT2D eigenvalue weighted by molar-refractivity contribution is -0.00888. The van der Waals surface area contributed by atoms with Crippen LogP contribution in [0.3, 0.4) is 0 Å². The molecule has 0 aromatic carbocycles. The van der Waals surface area contributed by atoms with Gasteiger partial charge in [0.05, 0.1) is 6.61 Å². The van der Waals surface area contributed by atoms with Crippen LogP contribution in [0.1, 0.15) is 38.0 Å². The van der Waals surface area contributed by atoms with Gasteiger partial charge in [-0.1, -0.05) is 60.6 Å². The third-order valence-corrected chi connectivity index (χ3v) is 6.01. The number of alkyl halides is 3. The summed E-state index contributed by atoms with van der Waals surface area (Å²) < 4.78 is 28.9. The molecule has 170 valence electrons. The minimum atomic E-state index is -3.76. The van der Waals surface area contributed by atoms with Gasteiger partial charge in [0.2, 0.25) is 3.79 Å². The minimum absolute atomic E-state index is 0.123. The Hall–Kier alpha value is -0.640. The van der Waals surface area contributed by atoms with E-state index in [1.54, 1.807) is 19.1 Å². The van der Waals surface area contributed by atoms with Crippen molar-refractivity contribution in [2.45, 2.75) is 49.2 Å². The molecule has 0 spiro atoms. The molecule has 0 aliphatic carbocycles. The summed E-state index contributed by atoms with van der Waals surface area (Å²) >= 11 is 17.1. The van der Waals surface area contributed by atoms with E-state index in [2.05, 4.69) is 10.1 Å². The second-order valence-electron chi connectivity index (χ2n) is 6.73. The van der Waals surface area contributed by atoms with Crippen molar-refractivity contribution >= 4 is 42.5 Å². The molecular weight excluding hydrogens is 480 g/mol. The number of rotatable bonds is 11. The summed E-state index contributed by atoms with van der Waals surface area (Å²) in [5, 5.41) is 2.75. The predicted molar refractivity (Wildman–Crippen MR) is 116 cm³/mol. The lowest BCUT2D eigenvalue weighted by Gasteiger charge is -2.23. The zero-order valence-electron chi connectivity index (χ0n) is 16.6. The number of aryl methyl sites for hydroxylation is 1. The fourth-order valence-electron chi connectivity index (χ4n) is 2.57. The number of H-pyrrole nitrogens is 1. The van der Waals surface area contributed by atoms with Crippen LogP contribution in [0.5, 0.6) is 0 Å². The van der Waals surface area contributed by atoms with Crippen LogP contribution in [0.25, 0.3) is 0 Å². The summed E-state index contributed by atoms with van der Waals surface area (Å²) in [6.45, 7) is 3.48. The molecule has 30 heavy (non-hydrogen) atoms. The molecule has 2 rings (SSSR count). The summed E-state index contributed by atoms with van der Waals surface area (Å²) in [7, 11) is -3.76. The first kappa shape index (κ1) is 25.6. The maximum atomic E-state index is 13.0. The predicted octanol–water partition coefficient (Wildman–Crippen LogP) is 3.59. The Bertz CT molecular complexity index is 898. The molecule has 2 heterocycles. The van der Waals surface area contributed by atoms with Gasteiger partial charge in [-0.05, 0) is 19.4 Å². The zero-order valence-corrected chi connectivity index (χ0v) is 19.8. The van der Waals surface area contributed by atoms with E-state index in [0.29, 0.717) is 12.1 Å². The molecular formula is C17H25Cl3N3O6P. The van der Waals surface area contributed by atoms with Crippen LogP contribution in [-0.4, -0.2) is 39.2 Å². The summed E-state index contributed by atoms with van der Waals surface area (Å²) in [5.41, 5.74) is -0.692. The van der Waals surface area contributed by atoms with E-state index < -0.39 is 41.7 Å². The average molecular weight is 505 g/mol. The van der Waals surface area contributed by atoms with Crippen molar-refractivity contribution in [2.24, 2.45) is 0 Å². The molecule has 0 bridgehead atoms. The van der Waals surface area contributed by atoms with Gasteiger partial charge in [0, 0.05) is 18.3 Å². The van der Waals surface area contributed by atoms with Gasteiger partial charge in [-0.25, -0.2) is 14.4 Å². The van der Waals surface area contributed by atoms with E-state index in [1.807, 2.05) is 6.92 Å². The summed E-state index contributed by atoms with van der Waals surface area (Å²) in [6.07, 6.45) is 6.08. The molecule has 1 aromatic heterocycles. The van der Waals surface area contributed by atoms with E-state index in [4.69, 9.17) is 48.6 Å². The number of halogens is 3. The minimum Gasteiger partial charge on any atom is -0.344 e. The van der Waals surface area contributed by atoms with Crippen LogP contribution in [0, 0.1) is 6.92 Å². The highest BCUT2D eigenvalue weighted by atomic mass is 35.6. The highest BCUT2D eigenvalue weighted by Gasteiger charge is 2.32. The largest absolute Gasteiger partial charge is 0.405 e. The number of nitrogens with one attached hydrogen (secondary N) is 2. The number of aromatic nitrogens is 2. The quantitative estimate of drug-likeness (QED) is 0.205. The molecule has 0 saturated heterocycles. The van der Waals surface area contributed by atoms with Crippen molar-refractivity contribution in [1.29, 1.82) is 0 Å². The fraction of sp³-hybridized carbons (Fsp3) is 0.647. The van der Waals surface area contributed by atoms with Crippen molar-refractivity contribution in [3.05, 3.63) is 44.8 Å². The number of hydrogen-bond donors (Lipinski definition) is 2. The summed E-state index contributed by atoms with van der Waals surface area (Å²) in [6, 6.07) is 0. The van der Waals surface area contributed by atoms with Crippen molar-refractivity contribution in [3.8, 4) is 0 Å². The molecule has 0 fully saturated rings. The molecule has 1 aliphatic heterocycles.